The number of methoxy groups -OCH3 is 1. The Kier molecular flexibility index (Phi) is 3.72. The van der Waals surface area contributed by atoms with Crippen LogP contribution in [0.3, 0.4) is 0 Å². The van der Waals surface area contributed by atoms with E-state index in [9.17, 15) is 4.79 Å². The van der Waals surface area contributed by atoms with E-state index in [2.05, 4.69) is 17.5 Å². The highest BCUT2D eigenvalue weighted by Crippen LogP contribution is 2.39. The number of nitrogens with two attached hydrogens (primary N) is 1. The van der Waals surface area contributed by atoms with Gasteiger partial charge in [0.1, 0.15) is 11.3 Å². The van der Waals surface area contributed by atoms with Gasteiger partial charge in [-0.05, 0) is 48.8 Å². The van der Waals surface area contributed by atoms with Gasteiger partial charge in [-0.25, -0.2) is 0 Å². The van der Waals surface area contributed by atoms with Gasteiger partial charge in [0.25, 0.3) is 0 Å². The van der Waals surface area contributed by atoms with Gasteiger partial charge >= 0.3 is 0 Å². The molecule has 0 heterocycles. The van der Waals surface area contributed by atoms with Crippen LogP contribution in [0, 0.1) is 5.92 Å². The molecule has 0 radical (unpaired) electrons. The Morgan fingerprint density at radius 2 is 2.19 bits per heavy atom. The number of allylic oxidation sites excluding steroid dienone is 2. The molecule has 0 aromatic heterocycles. The van der Waals surface area contributed by atoms with Crippen molar-refractivity contribution in [1.82, 2.24) is 5.32 Å². The van der Waals surface area contributed by atoms with Crippen LogP contribution in [0.1, 0.15) is 30.4 Å². The molecule has 1 unspecified atom stereocenters. The second kappa shape index (κ2) is 5.53. The molecule has 1 aromatic carbocycles. The summed E-state index contributed by atoms with van der Waals surface area (Å²) >= 11 is 0. The van der Waals surface area contributed by atoms with E-state index in [0.29, 0.717) is 18.9 Å². The molecule has 4 nitrogen and oxygen atoms in total. The number of nitrogens with one attached hydrogen (secondary N) is 1. The fourth-order valence-corrected chi connectivity index (χ4v) is 3.36. The molecular formula is C17H22N2O2. The number of rotatable bonds is 4. The van der Waals surface area contributed by atoms with Gasteiger partial charge in [-0.2, -0.15) is 0 Å². The molecule has 1 aromatic rings. The van der Waals surface area contributed by atoms with Crippen molar-refractivity contribution < 1.29 is 9.53 Å². The Balaban J connectivity index is 1.75. The molecule has 0 fully saturated rings. The molecule has 2 aliphatic rings. The van der Waals surface area contributed by atoms with Gasteiger partial charge in [-0.1, -0.05) is 24.3 Å². The zero-order valence-corrected chi connectivity index (χ0v) is 12.4. The Labute approximate surface area is 125 Å². The summed E-state index contributed by atoms with van der Waals surface area (Å²) in [5.74, 6) is 1.28. The lowest BCUT2D eigenvalue weighted by atomic mass is 9.91. The van der Waals surface area contributed by atoms with Crippen molar-refractivity contribution in [3.63, 3.8) is 0 Å². The first-order valence-electron chi connectivity index (χ1n) is 7.53. The van der Waals surface area contributed by atoms with Crippen LogP contribution in [-0.2, 0) is 16.8 Å². The van der Waals surface area contributed by atoms with Crippen LogP contribution in [-0.4, -0.2) is 19.6 Å². The highest BCUT2D eigenvalue weighted by molar-refractivity contribution is 5.89. The Morgan fingerprint density at radius 3 is 2.90 bits per heavy atom. The number of amides is 1. The lowest BCUT2D eigenvalue weighted by Gasteiger charge is -2.25. The average Bonchev–Trinajstić information content (AvgIpc) is 3.13. The first-order chi connectivity index (χ1) is 10.1. The molecule has 0 spiro atoms. The summed E-state index contributed by atoms with van der Waals surface area (Å²) in [6, 6.07) is 5.77. The second-order valence-corrected chi connectivity index (χ2v) is 5.98. The van der Waals surface area contributed by atoms with E-state index in [1.165, 1.54) is 0 Å². The highest BCUT2D eigenvalue weighted by Gasteiger charge is 2.42. The lowest BCUT2D eigenvalue weighted by molar-refractivity contribution is -0.126. The predicted molar refractivity (Wildman–Crippen MR) is 82.1 cm³/mol. The van der Waals surface area contributed by atoms with Gasteiger partial charge in [-0.15, -0.1) is 0 Å². The minimum absolute atomic E-state index is 0.0681. The van der Waals surface area contributed by atoms with Crippen molar-refractivity contribution in [3.8, 4) is 5.75 Å². The third-order valence-corrected chi connectivity index (χ3v) is 4.66. The first-order valence-corrected chi connectivity index (χ1v) is 7.53. The normalized spacial score (nSPS) is 24.1. The fourth-order valence-electron chi connectivity index (χ4n) is 3.36. The smallest absolute Gasteiger partial charge is 0.244 e. The first kappa shape index (κ1) is 14.1. The third kappa shape index (κ3) is 2.44. The van der Waals surface area contributed by atoms with Crippen LogP contribution in [0.25, 0.3) is 0 Å². The topological polar surface area (TPSA) is 64.3 Å². The molecule has 3 rings (SSSR count). The van der Waals surface area contributed by atoms with E-state index in [0.717, 1.165) is 36.1 Å². The maximum atomic E-state index is 12.6. The van der Waals surface area contributed by atoms with Crippen LogP contribution in [0.15, 0.2) is 30.4 Å². The second-order valence-electron chi connectivity index (χ2n) is 5.98. The van der Waals surface area contributed by atoms with Gasteiger partial charge in [0, 0.05) is 6.54 Å². The van der Waals surface area contributed by atoms with Crippen LogP contribution in [0.4, 0.5) is 0 Å². The minimum Gasteiger partial charge on any atom is -0.496 e. The van der Waals surface area contributed by atoms with E-state index in [4.69, 9.17) is 10.5 Å². The number of carbonyl (C=O) groups excluding carboxylic acids is 1. The predicted octanol–water partition coefficient (Wildman–Crippen LogP) is 1.88. The van der Waals surface area contributed by atoms with E-state index in [-0.39, 0.29) is 5.91 Å². The molecule has 0 saturated heterocycles. The molecule has 0 aliphatic heterocycles. The van der Waals surface area contributed by atoms with Crippen molar-refractivity contribution >= 4 is 5.91 Å². The molecule has 21 heavy (non-hydrogen) atoms. The Hall–Kier alpha value is -1.81. The monoisotopic (exact) mass is 286 g/mol. The SMILES string of the molecule is COc1cccc2c1CCC2(N)C(=O)NCC1CC=CC1. The number of benzene rings is 1. The number of fused-ring (bicyclic) bond motifs is 1. The molecule has 1 atom stereocenters. The summed E-state index contributed by atoms with van der Waals surface area (Å²) < 4.78 is 5.38. The zero-order chi connectivity index (χ0) is 14.9. The largest absolute Gasteiger partial charge is 0.496 e. The lowest BCUT2D eigenvalue weighted by Crippen LogP contribution is -2.50. The summed E-state index contributed by atoms with van der Waals surface area (Å²) in [6.45, 7) is 0.698. The van der Waals surface area contributed by atoms with Gasteiger partial charge in [-0.3, -0.25) is 4.79 Å². The highest BCUT2D eigenvalue weighted by atomic mass is 16.5. The summed E-state index contributed by atoms with van der Waals surface area (Å²) in [6.07, 6.45) is 7.85. The maximum absolute atomic E-state index is 12.6. The number of carbonyl (C=O) groups is 1. The number of hydrogen-bond donors (Lipinski definition) is 2. The van der Waals surface area contributed by atoms with E-state index in [1.54, 1.807) is 7.11 Å². The molecule has 3 N–H and O–H groups in total. The fraction of sp³-hybridized carbons (Fsp3) is 0.471. The number of hydrogen-bond acceptors (Lipinski definition) is 3. The van der Waals surface area contributed by atoms with Crippen molar-refractivity contribution in [2.75, 3.05) is 13.7 Å². The van der Waals surface area contributed by atoms with Crippen molar-refractivity contribution in [1.29, 1.82) is 0 Å². The Bertz CT molecular complexity index is 574. The summed E-state index contributed by atoms with van der Waals surface area (Å²) in [7, 11) is 1.65. The summed E-state index contributed by atoms with van der Waals surface area (Å²) in [5.41, 5.74) is 7.49. The molecule has 0 bridgehead atoms. The van der Waals surface area contributed by atoms with Crippen LogP contribution < -0.4 is 15.8 Å². The molecule has 2 aliphatic carbocycles. The Morgan fingerprint density at radius 1 is 1.43 bits per heavy atom. The quantitative estimate of drug-likeness (QED) is 0.831. The van der Waals surface area contributed by atoms with E-state index >= 15 is 0 Å². The van der Waals surface area contributed by atoms with Crippen LogP contribution in [0.5, 0.6) is 5.75 Å². The van der Waals surface area contributed by atoms with Crippen molar-refractivity contribution in [2.24, 2.45) is 11.7 Å². The minimum atomic E-state index is -0.921. The maximum Gasteiger partial charge on any atom is 0.244 e. The van der Waals surface area contributed by atoms with E-state index in [1.807, 2.05) is 18.2 Å². The third-order valence-electron chi connectivity index (χ3n) is 4.66. The van der Waals surface area contributed by atoms with Gasteiger partial charge in [0.05, 0.1) is 7.11 Å². The van der Waals surface area contributed by atoms with Gasteiger partial charge in [0.15, 0.2) is 0 Å². The summed E-state index contributed by atoms with van der Waals surface area (Å²) in [5, 5.41) is 3.04. The van der Waals surface area contributed by atoms with Crippen molar-refractivity contribution in [2.45, 2.75) is 31.2 Å². The standard InChI is InChI=1S/C17H22N2O2/c1-21-15-8-4-7-14-13(15)9-10-17(14,18)16(20)19-11-12-5-2-3-6-12/h2-4,7-8,12H,5-6,9-11,18H2,1H3,(H,19,20). The molecule has 1 amide bonds. The van der Waals surface area contributed by atoms with Crippen molar-refractivity contribution in [3.05, 3.63) is 41.5 Å². The van der Waals surface area contributed by atoms with Gasteiger partial charge < -0.3 is 15.8 Å². The molecule has 0 saturated carbocycles. The summed E-state index contributed by atoms with van der Waals surface area (Å²) in [4.78, 5) is 12.6. The number of ether oxygens (including phenoxy) is 1. The van der Waals surface area contributed by atoms with Crippen LogP contribution >= 0.6 is 0 Å². The average molecular weight is 286 g/mol. The zero-order valence-electron chi connectivity index (χ0n) is 12.4. The van der Waals surface area contributed by atoms with Crippen LogP contribution in [0.2, 0.25) is 0 Å². The van der Waals surface area contributed by atoms with Gasteiger partial charge in [0.2, 0.25) is 5.91 Å². The molecule has 112 valence electrons. The molecule has 4 heteroatoms. The molecular weight excluding hydrogens is 264 g/mol. The van der Waals surface area contributed by atoms with E-state index < -0.39 is 5.54 Å².